The van der Waals surface area contributed by atoms with E-state index in [1.165, 1.54) is 23.4 Å². The van der Waals surface area contributed by atoms with Gasteiger partial charge in [-0.3, -0.25) is 4.79 Å². The van der Waals surface area contributed by atoms with E-state index in [1.807, 2.05) is 18.2 Å². The molecule has 1 atom stereocenters. The molecule has 3 rings (SSSR count). The summed E-state index contributed by atoms with van der Waals surface area (Å²) in [6.07, 6.45) is 0. The van der Waals surface area contributed by atoms with Gasteiger partial charge in [-0.1, -0.05) is 41.9 Å². The molecule has 2 aromatic carbocycles. The van der Waals surface area contributed by atoms with Crippen molar-refractivity contribution in [3.63, 3.8) is 0 Å². The number of benzene rings is 2. The third-order valence-corrected chi connectivity index (χ3v) is 6.59. The van der Waals surface area contributed by atoms with Crippen molar-refractivity contribution in [1.29, 1.82) is 0 Å². The number of carbonyl (C=O) groups excluding carboxylic acids is 1. The van der Waals surface area contributed by atoms with E-state index >= 15 is 0 Å². The highest BCUT2D eigenvalue weighted by molar-refractivity contribution is 7.89. The summed E-state index contributed by atoms with van der Waals surface area (Å²) < 4.78 is 27.7. The third-order valence-electron chi connectivity index (χ3n) is 4.33. The Morgan fingerprint density at radius 2 is 1.84 bits per heavy atom. The van der Waals surface area contributed by atoms with Crippen LogP contribution in [0.4, 0.5) is 0 Å². The molecule has 0 bridgehead atoms. The molecular weight excluding hydrogens is 360 g/mol. The van der Waals surface area contributed by atoms with Gasteiger partial charge in [0.05, 0.1) is 10.9 Å². The van der Waals surface area contributed by atoms with Crippen LogP contribution in [0.25, 0.3) is 0 Å². The summed E-state index contributed by atoms with van der Waals surface area (Å²) in [6.45, 7) is 2.88. The zero-order chi connectivity index (χ0) is 18.0. The minimum Gasteiger partial charge on any atom is -0.313 e. The van der Waals surface area contributed by atoms with Gasteiger partial charge >= 0.3 is 0 Å². The molecule has 1 N–H and O–H groups in total. The predicted octanol–water partition coefficient (Wildman–Crippen LogP) is 2.88. The maximum atomic E-state index is 13.1. The van der Waals surface area contributed by atoms with E-state index in [0.717, 1.165) is 5.56 Å². The summed E-state index contributed by atoms with van der Waals surface area (Å²) in [7, 11) is -3.70. The van der Waals surface area contributed by atoms with Crippen LogP contribution in [0.2, 0.25) is 5.02 Å². The number of nitrogens with one attached hydrogen (secondary N) is 1. The van der Waals surface area contributed by atoms with Crippen LogP contribution in [0.15, 0.2) is 53.4 Å². The Hall–Kier alpha value is -1.73. The van der Waals surface area contributed by atoms with Crippen LogP contribution in [0.1, 0.15) is 28.9 Å². The molecule has 0 saturated carbocycles. The second-order valence-electron chi connectivity index (χ2n) is 5.94. The number of hydrogen-bond acceptors (Lipinski definition) is 4. The highest BCUT2D eigenvalue weighted by atomic mass is 35.5. The molecule has 1 unspecified atom stereocenters. The van der Waals surface area contributed by atoms with Gasteiger partial charge in [0.15, 0.2) is 5.78 Å². The fourth-order valence-corrected chi connectivity index (χ4v) is 4.85. The number of rotatable bonds is 4. The SMILES string of the molecule is CC(=O)c1ccc(S(=O)(=O)N2CCNCC2c2ccccc2Cl)cc1. The number of halogens is 1. The lowest BCUT2D eigenvalue weighted by Gasteiger charge is -2.35. The Balaban J connectivity index is 1.99. The Bertz CT molecular complexity index is 881. The van der Waals surface area contributed by atoms with Crippen molar-refractivity contribution < 1.29 is 13.2 Å². The van der Waals surface area contributed by atoms with E-state index in [9.17, 15) is 13.2 Å². The monoisotopic (exact) mass is 378 g/mol. The first-order chi connectivity index (χ1) is 11.9. The molecule has 0 spiro atoms. The zero-order valence-corrected chi connectivity index (χ0v) is 15.3. The maximum Gasteiger partial charge on any atom is 0.243 e. The molecule has 1 aliphatic heterocycles. The zero-order valence-electron chi connectivity index (χ0n) is 13.8. The molecule has 0 aliphatic carbocycles. The van der Waals surface area contributed by atoms with Crippen LogP contribution in [-0.4, -0.2) is 38.1 Å². The van der Waals surface area contributed by atoms with Gasteiger partial charge in [-0.25, -0.2) is 8.42 Å². The molecular formula is C18H19ClN2O3S. The van der Waals surface area contributed by atoms with Gasteiger partial charge in [-0.15, -0.1) is 0 Å². The van der Waals surface area contributed by atoms with E-state index in [-0.39, 0.29) is 16.7 Å². The number of sulfonamides is 1. The largest absolute Gasteiger partial charge is 0.313 e. The first kappa shape index (κ1) is 18.1. The molecule has 5 nitrogen and oxygen atoms in total. The van der Waals surface area contributed by atoms with Gasteiger partial charge < -0.3 is 5.32 Å². The fraction of sp³-hybridized carbons (Fsp3) is 0.278. The van der Waals surface area contributed by atoms with Crippen molar-refractivity contribution in [1.82, 2.24) is 9.62 Å². The fourth-order valence-electron chi connectivity index (χ4n) is 2.98. The van der Waals surface area contributed by atoms with Gasteiger partial charge in [-0.2, -0.15) is 4.31 Å². The highest BCUT2D eigenvalue weighted by Crippen LogP contribution is 2.32. The quantitative estimate of drug-likeness (QED) is 0.831. The van der Waals surface area contributed by atoms with Crippen LogP contribution in [0, 0.1) is 0 Å². The first-order valence-corrected chi connectivity index (χ1v) is 9.81. The number of nitrogens with zero attached hydrogens (tertiary/aromatic N) is 1. The van der Waals surface area contributed by atoms with E-state index in [2.05, 4.69) is 5.32 Å². The molecule has 2 aromatic rings. The average Bonchev–Trinajstić information content (AvgIpc) is 2.62. The molecule has 25 heavy (non-hydrogen) atoms. The molecule has 1 aliphatic rings. The van der Waals surface area contributed by atoms with Crippen LogP contribution in [-0.2, 0) is 10.0 Å². The summed E-state index contributed by atoms with van der Waals surface area (Å²) in [5, 5.41) is 3.77. The smallest absolute Gasteiger partial charge is 0.243 e. The molecule has 1 saturated heterocycles. The van der Waals surface area contributed by atoms with Crippen LogP contribution >= 0.6 is 11.6 Å². The van der Waals surface area contributed by atoms with Crippen molar-refractivity contribution >= 4 is 27.4 Å². The topological polar surface area (TPSA) is 66.5 Å². The van der Waals surface area contributed by atoms with Crippen LogP contribution in [0.3, 0.4) is 0 Å². The number of piperazine rings is 1. The molecule has 1 fully saturated rings. The van der Waals surface area contributed by atoms with E-state index < -0.39 is 10.0 Å². The molecule has 132 valence electrons. The molecule has 0 amide bonds. The summed E-state index contributed by atoms with van der Waals surface area (Å²) in [6, 6.07) is 13.0. The number of hydrogen-bond donors (Lipinski definition) is 1. The molecule has 0 aromatic heterocycles. The van der Waals surface area contributed by atoms with Gasteiger partial charge in [0.2, 0.25) is 10.0 Å². The Kier molecular flexibility index (Phi) is 5.24. The van der Waals surface area contributed by atoms with Crippen molar-refractivity contribution in [2.24, 2.45) is 0 Å². The van der Waals surface area contributed by atoms with Crippen LogP contribution in [0.5, 0.6) is 0 Å². The highest BCUT2D eigenvalue weighted by Gasteiger charge is 2.35. The minimum atomic E-state index is -3.70. The average molecular weight is 379 g/mol. The second kappa shape index (κ2) is 7.25. The van der Waals surface area contributed by atoms with Gasteiger partial charge in [0, 0.05) is 30.2 Å². The summed E-state index contributed by atoms with van der Waals surface area (Å²) in [5.74, 6) is -0.0972. The van der Waals surface area contributed by atoms with Crippen molar-refractivity contribution in [3.05, 3.63) is 64.7 Å². The van der Waals surface area contributed by atoms with Crippen molar-refractivity contribution in [2.75, 3.05) is 19.6 Å². The molecule has 0 radical (unpaired) electrons. The number of carbonyl (C=O) groups is 1. The maximum absolute atomic E-state index is 13.1. The molecule has 7 heteroatoms. The second-order valence-corrected chi connectivity index (χ2v) is 8.24. The standard InChI is InChI=1S/C18H19ClN2O3S/c1-13(22)14-6-8-15(9-7-14)25(23,24)21-11-10-20-12-18(21)16-4-2-3-5-17(16)19/h2-9,18,20H,10-12H2,1H3. The third kappa shape index (κ3) is 3.62. The summed E-state index contributed by atoms with van der Waals surface area (Å²) in [4.78, 5) is 11.6. The Labute approximate surface area is 152 Å². The van der Waals surface area contributed by atoms with Gasteiger partial charge in [0.1, 0.15) is 0 Å². The van der Waals surface area contributed by atoms with Crippen LogP contribution < -0.4 is 5.32 Å². The normalized spacial score (nSPS) is 18.9. The summed E-state index contributed by atoms with van der Waals surface area (Å²) in [5.41, 5.74) is 1.27. The van der Waals surface area contributed by atoms with Gasteiger partial charge in [0.25, 0.3) is 0 Å². The van der Waals surface area contributed by atoms with Crippen molar-refractivity contribution in [2.45, 2.75) is 17.9 Å². The van der Waals surface area contributed by atoms with Crippen molar-refractivity contribution in [3.8, 4) is 0 Å². The predicted molar refractivity (Wildman–Crippen MR) is 97.4 cm³/mol. The van der Waals surface area contributed by atoms with E-state index in [1.54, 1.807) is 18.2 Å². The molecule has 1 heterocycles. The Morgan fingerprint density at radius 1 is 1.16 bits per heavy atom. The number of Topliss-reactive ketones (excluding diaryl/α,β-unsaturated/α-hetero) is 1. The summed E-state index contributed by atoms with van der Waals surface area (Å²) >= 11 is 6.29. The lowest BCUT2D eigenvalue weighted by molar-refractivity contribution is 0.101. The number of ketones is 1. The lowest BCUT2D eigenvalue weighted by Crippen LogP contribution is -2.48. The first-order valence-electron chi connectivity index (χ1n) is 7.99. The van der Waals surface area contributed by atoms with Gasteiger partial charge in [-0.05, 0) is 30.7 Å². The Morgan fingerprint density at radius 3 is 2.48 bits per heavy atom. The minimum absolute atomic E-state index is 0.0972. The van der Waals surface area contributed by atoms with E-state index in [4.69, 9.17) is 11.6 Å². The van der Waals surface area contributed by atoms with E-state index in [0.29, 0.717) is 30.2 Å². The lowest BCUT2D eigenvalue weighted by atomic mass is 10.1.